The predicted molar refractivity (Wildman–Crippen MR) is 79.3 cm³/mol. The van der Waals surface area contributed by atoms with E-state index in [1.54, 1.807) is 6.07 Å². The molecule has 1 aromatic heterocycles. The van der Waals surface area contributed by atoms with Crippen LogP contribution >= 0.6 is 0 Å². The van der Waals surface area contributed by atoms with E-state index < -0.39 is 5.97 Å². The Labute approximate surface area is 121 Å². The Bertz CT molecular complexity index is 695. The second-order valence-electron chi connectivity index (χ2n) is 4.62. The standard InChI is InChI=1S/C15H17N3O3/c1-2-12-17-13(8-14(19)18-12)16-9-11-6-4-3-5-10(11)7-15(20)21/h3-6,8H,2,7,9H2,1H3,(H,20,21)(H2,16,17,18,19). The largest absolute Gasteiger partial charge is 0.481 e. The van der Waals surface area contributed by atoms with Gasteiger partial charge < -0.3 is 15.4 Å². The summed E-state index contributed by atoms with van der Waals surface area (Å²) < 4.78 is 0. The molecule has 0 fully saturated rings. The molecule has 3 N–H and O–H groups in total. The molecule has 110 valence electrons. The molecular weight excluding hydrogens is 270 g/mol. The number of carboxylic acids is 1. The lowest BCUT2D eigenvalue weighted by atomic mass is 10.0. The smallest absolute Gasteiger partial charge is 0.307 e. The number of nitrogens with one attached hydrogen (secondary N) is 2. The normalized spacial score (nSPS) is 10.3. The monoisotopic (exact) mass is 287 g/mol. The van der Waals surface area contributed by atoms with Crippen LogP contribution < -0.4 is 10.9 Å². The van der Waals surface area contributed by atoms with Gasteiger partial charge in [0.25, 0.3) is 5.56 Å². The van der Waals surface area contributed by atoms with Crippen LogP contribution in [0.5, 0.6) is 0 Å². The van der Waals surface area contributed by atoms with E-state index >= 15 is 0 Å². The molecule has 0 radical (unpaired) electrons. The summed E-state index contributed by atoms with van der Waals surface area (Å²) in [4.78, 5) is 29.2. The van der Waals surface area contributed by atoms with E-state index in [4.69, 9.17) is 5.11 Å². The van der Waals surface area contributed by atoms with Gasteiger partial charge in [0.1, 0.15) is 11.6 Å². The predicted octanol–water partition coefficient (Wildman–Crippen LogP) is 1.57. The summed E-state index contributed by atoms with van der Waals surface area (Å²) in [7, 11) is 0. The van der Waals surface area contributed by atoms with Gasteiger partial charge in [0.05, 0.1) is 6.42 Å². The second-order valence-corrected chi connectivity index (χ2v) is 4.62. The Hall–Kier alpha value is -2.63. The third kappa shape index (κ3) is 4.17. The first-order valence-corrected chi connectivity index (χ1v) is 6.71. The number of hydrogen-bond acceptors (Lipinski definition) is 4. The zero-order valence-corrected chi connectivity index (χ0v) is 11.7. The molecule has 0 atom stereocenters. The van der Waals surface area contributed by atoms with Crippen LogP contribution in [-0.2, 0) is 24.2 Å². The Morgan fingerprint density at radius 3 is 2.71 bits per heavy atom. The van der Waals surface area contributed by atoms with Crippen molar-refractivity contribution in [3.05, 3.63) is 57.6 Å². The average Bonchev–Trinajstić information content (AvgIpc) is 2.45. The number of rotatable bonds is 6. The molecule has 0 aliphatic rings. The first-order chi connectivity index (χ1) is 10.1. The van der Waals surface area contributed by atoms with Gasteiger partial charge in [0.15, 0.2) is 0 Å². The minimum atomic E-state index is -0.870. The Balaban J connectivity index is 2.15. The van der Waals surface area contributed by atoms with Gasteiger partial charge >= 0.3 is 5.97 Å². The highest BCUT2D eigenvalue weighted by Crippen LogP contribution is 2.12. The number of benzene rings is 1. The van der Waals surface area contributed by atoms with Crippen LogP contribution in [0.15, 0.2) is 35.1 Å². The van der Waals surface area contributed by atoms with E-state index in [1.807, 2.05) is 25.1 Å². The molecule has 0 unspecified atom stereocenters. The van der Waals surface area contributed by atoms with E-state index in [0.29, 0.717) is 24.6 Å². The van der Waals surface area contributed by atoms with Crippen LogP contribution in [0.3, 0.4) is 0 Å². The van der Waals surface area contributed by atoms with Crippen molar-refractivity contribution in [3.8, 4) is 0 Å². The van der Waals surface area contributed by atoms with E-state index in [2.05, 4.69) is 15.3 Å². The highest BCUT2D eigenvalue weighted by atomic mass is 16.4. The number of aromatic nitrogens is 2. The molecular formula is C15H17N3O3. The summed E-state index contributed by atoms with van der Waals surface area (Å²) in [5.41, 5.74) is 1.42. The first-order valence-electron chi connectivity index (χ1n) is 6.71. The summed E-state index contributed by atoms with van der Waals surface area (Å²) in [5, 5.41) is 12.0. The molecule has 0 bridgehead atoms. The van der Waals surface area contributed by atoms with E-state index in [-0.39, 0.29) is 12.0 Å². The van der Waals surface area contributed by atoms with E-state index in [0.717, 1.165) is 11.1 Å². The van der Waals surface area contributed by atoms with Gasteiger partial charge in [-0.2, -0.15) is 0 Å². The number of anilines is 1. The molecule has 2 rings (SSSR count). The van der Waals surface area contributed by atoms with E-state index in [1.165, 1.54) is 6.07 Å². The van der Waals surface area contributed by atoms with Crippen LogP contribution in [0, 0.1) is 0 Å². The molecule has 1 aromatic carbocycles. The first kappa shape index (κ1) is 14.8. The molecule has 0 saturated carbocycles. The molecule has 0 saturated heterocycles. The van der Waals surface area contributed by atoms with Crippen molar-refractivity contribution < 1.29 is 9.90 Å². The maximum atomic E-state index is 11.5. The number of aliphatic carboxylic acids is 1. The molecule has 2 aromatic rings. The summed E-state index contributed by atoms with van der Waals surface area (Å²) in [6, 6.07) is 8.69. The lowest BCUT2D eigenvalue weighted by Gasteiger charge is -2.10. The Morgan fingerprint density at radius 2 is 2.05 bits per heavy atom. The molecule has 0 amide bonds. The second kappa shape index (κ2) is 6.69. The number of hydrogen-bond donors (Lipinski definition) is 3. The third-order valence-corrected chi connectivity index (χ3v) is 3.05. The number of aromatic amines is 1. The topological polar surface area (TPSA) is 95.1 Å². The van der Waals surface area contributed by atoms with Crippen molar-refractivity contribution in [1.29, 1.82) is 0 Å². The highest BCUT2D eigenvalue weighted by molar-refractivity contribution is 5.70. The Morgan fingerprint density at radius 1 is 1.33 bits per heavy atom. The quantitative estimate of drug-likeness (QED) is 0.749. The molecule has 21 heavy (non-hydrogen) atoms. The minimum Gasteiger partial charge on any atom is -0.481 e. The van der Waals surface area contributed by atoms with Crippen molar-refractivity contribution >= 4 is 11.8 Å². The summed E-state index contributed by atoms with van der Waals surface area (Å²) in [5.74, 6) is 0.231. The van der Waals surface area contributed by atoms with Gasteiger partial charge in [0.2, 0.25) is 0 Å². The highest BCUT2D eigenvalue weighted by Gasteiger charge is 2.07. The molecule has 6 heteroatoms. The zero-order chi connectivity index (χ0) is 15.2. The number of carbonyl (C=O) groups is 1. The number of nitrogens with zero attached hydrogens (tertiary/aromatic N) is 1. The summed E-state index contributed by atoms with van der Waals surface area (Å²) >= 11 is 0. The van der Waals surface area contributed by atoms with E-state index in [9.17, 15) is 9.59 Å². The van der Waals surface area contributed by atoms with Crippen LogP contribution in [0.4, 0.5) is 5.82 Å². The Kier molecular flexibility index (Phi) is 4.71. The number of carboxylic acid groups (broad SMARTS) is 1. The molecule has 6 nitrogen and oxygen atoms in total. The van der Waals surface area contributed by atoms with Crippen LogP contribution in [0.2, 0.25) is 0 Å². The van der Waals surface area contributed by atoms with Crippen molar-refractivity contribution in [2.75, 3.05) is 5.32 Å². The van der Waals surface area contributed by atoms with Gasteiger partial charge in [-0.05, 0) is 11.1 Å². The van der Waals surface area contributed by atoms with Crippen LogP contribution in [-0.4, -0.2) is 21.0 Å². The lowest BCUT2D eigenvalue weighted by Crippen LogP contribution is -2.14. The fraction of sp³-hybridized carbons (Fsp3) is 0.267. The zero-order valence-electron chi connectivity index (χ0n) is 11.7. The fourth-order valence-electron chi connectivity index (χ4n) is 2.02. The fourth-order valence-corrected chi connectivity index (χ4v) is 2.02. The maximum absolute atomic E-state index is 11.5. The van der Waals surface area contributed by atoms with Crippen molar-refractivity contribution in [1.82, 2.24) is 9.97 Å². The number of H-pyrrole nitrogens is 1. The van der Waals surface area contributed by atoms with Crippen molar-refractivity contribution in [2.45, 2.75) is 26.3 Å². The van der Waals surface area contributed by atoms with Gasteiger partial charge in [-0.15, -0.1) is 0 Å². The number of aryl methyl sites for hydroxylation is 1. The van der Waals surface area contributed by atoms with Crippen LogP contribution in [0.25, 0.3) is 0 Å². The average molecular weight is 287 g/mol. The van der Waals surface area contributed by atoms with Crippen molar-refractivity contribution in [3.63, 3.8) is 0 Å². The van der Waals surface area contributed by atoms with Crippen molar-refractivity contribution in [2.24, 2.45) is 0 Å². The molecule has 0 aliphatic carbocycles. The van der Waals surface area contributed by atoms with Crippen LogP contribution in [0.1, 0.15) is 23.9 Å². The summed E-state index contributed by atoms with van der Waals surface area (Å²) in [6.45, 7) is 2.33. The van der Waals surface area contributed by atoms with Gasteiger partial charge in [-0.25, -0.2) is 4.98 Å². The SMILES string of the molecule is CCc1nc(NCc2ccccc2CC(=O)O)cc(=O)[nH]1. The molecule has 1 heterocycles. The van der Waals surface area contributed by atoms with Gasteiger partial charge in [-0.1, -0.05) is 31.2 Å². The summed E-state index contributed by atoms with van der Waals surface area (Å²) in [6.07, 6.45) is 0.612. The molecule has 0 aliphatic heterocycles. The third-order valence-electron chi connectivity index (χ3n) is 3.05. The van der Waals surface area contributed by atoms with Gasteiger partial charge in [0, 0.05) is 19.0 Å². The minimum absolute atomic E-state index is 0.0269. The van der Waals surface area contributed by atoms with Gasteiger partial charge in [-0.3, -0.25) is 9.59 Å². The maximum Gasteiger partial charge on any atom is 0.307 e. The molecule has 0 spiro atoms. The lowest BCUT2D eigenvalue weighted by molar-refractivity contribution is -0.136.